The van der Waals surface area contributed by atoms with Crippen molar-refractivity contribution >= 4 is 29.5 Å². The molecule has 1 saturated carbocycles. The number of carbonyl (C=O) groups excluding carboxylic acids is 1. The summed E-state index contributed by atoms with van der Waals surface area (Å²) in [4.78, 5) is 28.2. The van der Waals surface area contributed by atoms with Gasteiger partial charge in [-0.25, -0.2) is 4.79 Å². The molecule has 1 saturated heterocycles. The Labute approximate surface area is 218 Å². The molecule has 2 heterocycles. The lowest BCUT2D eigenvalue weighted by Crippen LogP contribution is -2.49. The third kappa shape index (κ3) is 5.32. The zero-order valence-electron chi connectivity index (χ0n) is 20.9. The number of nitriles is 1. The summed E-state index contributed by atoms with van der Waals surface area (Å²) in [5.41, 5.74) is -0.771. The number of thiol groups is 1. The maximum Gasteiger partial charge on any atom is 0.393 e. The van der Waals surface area contributed by atoms with Crippen LogP contribution in [-0.4, -0.2) is 52.1 Å². The molecule has 1 aliphatic carbocycles. The molecule has 1 amide bonds. The average molecular weight is 538 g/mol. The fourth-order valence-electron chi connectivity index (χ4n) is 5.46. The van der Waals surface area contributed by atoms with Crippen LogP contribution in [0.25, 0.3) is 11.0 Å². The molecule has 2 fully saturated rings. The summed E-state index contributed by atoms with van der Waals surface area (Å²) in [7, 11) is 0. The Morgan fingerprint density at radius 2 is 1.97 bits per heavy atom. The van der Waals surface area contributed by atoms with Crippen LogP contribution in [0.4, 0.5) is 13.2 Å². The summed E-state index contributed by atoms with van der Waals surface area (Å²) in [6.07, 6.45) is -3.80. The van der Waals surface area contributed by atoms with Crippen molar-refractivity contribution < 1.29 is 27.1 Å². The molecular formula is C26H30F3N3O4S. The molecule has 7 nitrogen and oxygen atoms in total. The van der Waals surface area contributed by atoms with E-state index in [2.05, 4.69) is 12.6 Å². The van der Waals surface area contributed by atoms with E-state index in [-0.39, 0.29) is 18.7 Å². The Bertz CT molecular complexity index is 1270. The molecule has 0 N–H and O–H groups in total. The molecule has 4 rings (SSSR count). The highest BCUT2D eigenvalue weighted by Gasteiger charge is 2.55. The molecule has 4 atom stereocenters. The summed E-state index contributed by atoms with van der Waals surface area (Å²) in [5, 5.41) is 9.98. The molecule has 2 aliphatic rings. The minimum Gasteiger partial charge on any atom is -0.494 e. The van der Waals surface area contributed by atoms with Crippen LogP contribution >= 0.6 is 12.6 Å². The largest absolute Gasteiger partial charge is 0.494 e. The number of hydrogen-bond donors (Lipinski definition) is 1. The smallest absolute Gasteiger partial charge is 0.393 e. The average Bonchev–Trinajstić information content (AvgIpc) is 2.99. The second-order valence-electron chi connectivity index (χ2n) is 10.3. The van der Waals surface area contributed by atoms with Crippen molar-refractivity contribution in [1.29, 1.82) is 5.26 Å². The van der Waals surface area contributed by atoms with Crippen molar-refractivity contribution in [3.63, 3.8) is 0 Å². The Balaban J connectivity index is 1.40. The summed E-state index contributed by atoms with van der Waals surface area (Å²) < 4.78 is 51.9. The Kier molecular flexibility index (Phi) is 7.55. The molecule has 2 aromatic rings. The van der Waals surface area contributed by atoms with E-state index in [4.69, 9.17) is 9.15 Å². The number of ether oxygens (including phenoxy) is 1. The van der Waals surface area contributed by atoms with Crippen molar-refractivity contribution in [3.05, 3.63) is 40.2 Å². The Hall–Kier alpha value is -2.71. The van der Waals surface area contributed by atoms with E-state index in [9.17, 15) is 28.0 Å². The summed E-state index contributed by atoms with van der Waals surface area (Å²) >= 11 is 4.65. The molecule has 1 aromatic heterocycles. The molecule has 4 unspecified atom stereocenters. The molecule has 1 aromatic carbocycles. The van der Waals surface area contributed by atoms with Gasteiger partial charge >= 0.3 is 11.8 Å². The number of carbonyl (C=O) groups is 1. The zero-order valence-corrected chi connectivity index (χ0v) is 21.8. The van der Waals surface area contributed by atoms with Gasteiger partial charge in [-0.3, -0.25) is 9.69 Å². The second kappa shape index (κ2) is 10.2. The van der Waals surface area contributed by atoms with E-state index in [0.717, 1.165) is 10.9 Å². The number of benzene rings is 1. The van der Waals surface area contributed by atoms with E-state index >= 15 is 0 Å². The number of hydrogen-bond acceptors (Lipinski definition) is 7. The van der Waals surface area contributed by atoms with Crippen molar-refractivity contribution in [2.45, 2.75) is 69.7 Å². The Morgan fingerprint density at radius 3 is 2.65 bits per heavy atom. The van der Waals surface area contributed by atoms with Gasteiger partial charge in [0.1, 0.15) is 16.8 Å². The Morgan fingerprint density at radius 1 is 1.24 bits per heavy atom. The van der Waals surface area contributed by atoms with Gasteiger partial charge in [0.25, 0.3) is 0 Å². The van der Waals surface area contributed by atoms with Crippen LogP contribution in [-0.2, 0) is 4.79 Å². The summed E-state index contributed by atoms with van der Waals surface area (Å²) in [6.45, 7) is 6.10. The maximum absolute atomic E-state index is 13.6. The number of alkyl halides is 3. The first-order chi connectivity index (χ1) is 17.3. The minimum atomic E-state index is -4.49. The quantitative estimate of drug-likeness (QED) is 0.321. The van der Waals surface area contributed by atoms with Crippen LogP contribution < -0.4 is 10.4 Å². The van der Waals surface area contributed by atoms with Gasteiger partial charge in [0.05, 0.1) is 30.1 Å². The first-order valence-electron chi connectivity index (χ1n) is 12.3. The molecular weight excluding hydrogens is 507 g/mol. The van der Waals surface area contributed by atoms with Crippen LogP contribution in [0.15, 0.2) is 33.5 Å². The van der Waals surface area contributed by atoms with Gasteiger partial charge < -0.3 is 14.1 Å². The van der Waals surface area contributed by atoms with Crippen LogP contribution in [0.1, 0.15) is 45.1 Å². The van der Waals surface area contributed by atoms with E-state index in [1.807, 2.05) is 11.8 Å². The first kappa shape index (κ1) is 27.3. The normalized spacial score (nSPS) is 26.4. The fraction of sp³-hybridized carbons (Fsp3) is 0.577. The third-order valence-electron chi connectivity index (χ3n) is 7.54. The molecule has 11 heteroatoms. The molecule has 0 radical (unpaired) electrons. The van der Waals surface area contributed by atoms with Crippen LogP contribution in [0.3, 0.4) is 0 Å². The van der Waals surface area contributed by atoms with Gasteiger partial charge in [0.2, 0.25) is 5.91 Å². The predicted octanol–water partition coefficient (Wildman–Crippen LogP) is 4.88. The SMILES string of the molecule is Cc1cc(=O)oc2ccc(OCCCN3C(S)N(C4CCC(C#N)C(C(F)(F)F)C4)C(=O)C3(C)C)cc12. The predicted molar refractivity (Wildman–Crippen MR) is 134 cm³/mol. The molecule has 0 spiro atoms. The van der Waals surface area contributed by atoms with E-state index in [0.29, 0.717) is 37.3 Å². The summed E-state index contributed by atoms with van der Waals surface area (Å²) in [6, 6.07) is 7.78. The van der Waals surface area contributed by atoms with Gasteiger partial charge in [-0.1, -0.05) is 0 Å². The highest BCUT2D eigenvalue weighted by Crippen LogP contribution is 2.45. The first-order valence-corrected chi connectivity index (χ1v) is 12.8. The number of nitrogens with zero attached hydrogens (tertiary/aromatic N) is 3. The molecule has 1 aliphatic heterocycles. The number of rotatable bonds is 6. The van der Waals surface area contributed by atoms with Crippen molar-refractivity contribution in [1.82, 2.24) is 9.80 Å². The summed E-state index contributed by atoms with van der Waals surface area (Å²) in [5.74, 6) is -2.50. The lowest BCUT2D eigenvalue weighted by molar-refractivity contribution is -0.196. The van der Waals surface area contributed by atoms with Crippen LogP contribution in [0.5, 0.6) is 5.75 Å². The van der Waals surface area contributed by atoms with Gasteiger partial charge in [0, 0.05) is 24.0 Å². The van der Waals surface area contributed by atoms with Crippen molar-refractivity contribution in [3.8, 4) is 11.8 Å². The number of amides is 1. The number of halogens is 3. The second-order valence-corrected chi connectivity index (χ2v) is 10.7. The van der Waals surface area contributed by atoms with Crippen molar-refractivity contribution in [2.75, 3.05) is 13.2 Å². The van der Waals surface area contributed by atoms with Crippen LogP contribution in [0.2, 0.25) is 0 Å². The van der Waals surface area contributed by atoms with Crippen molar-refractivity contribution in [2.24, 2.45) is 11.8 Å². The topological polar surface area (TPSA) is 86.8 Å². The van der Waals surface area contributed by atoms with E-state index < -0.39 is 40.7 Å². The third-order valence-corrected chi connectivity index (χ3v) is 8.07. The molecule has 37 heavy (non-hydrogen) atoms. The monoisotopic (exact) mass is 537 g/mol. The number of fused-ring (bicyclic) bond motifs is 1. The lowest BCUT2D eigenvalue weighted by atomic mass is 9.76. The van der Waals surface area contributed by atoms with Gasteiger partial charge in [-0.05, 0) is 70.2 Å². The highest BCUT2D eigenvalue weighted by atomic mass is 32.1. The highest BCUT2D eigenvalue weighted by molar-refractivity contribution is 7.80. The lowest BCUT2D eigenvalue weighted by Gasteiger charge is -2.40. The van der Waals surface area contributed by atoms with Gasteiger partial charge in [0.15, 0.2) is 0 Å². The van der Waals surface area contributed by atoms with Gasteiger partial charge in [-0.15, -0.1) is 12.6 Å². The van der Waals surface area contributed by atoms with E-state index in [1.54, 1.807) is 38.1 Å². The standard InChI is InChI=1S/C26H30F3N3O4S/c1-15-11-22(33)36-21-8-7-18(13-19(15)21)35-10-4-9-31-24(37)32(23(34)25(31,2)3)17-6-5-16(14-30)20(12-17)26(27,28)29/h7-8,11,13,16-17,20,24,37H,4-6,9-10,12H2,1-3H3. The number of aryl methyl sites for hydroxylation is 1. The van der Waals surface area contributed by atoms with Gasteiger partial charge in [-0.2, -0.15) is 18.4 Å². The minimum absolute atomic E-state index is 0.0958. The van der Waals surface area contributed by atoms with E-state index in [1.165, 1.54) is 11.0 Å². The fourth-order valence-corrected chi connectivity index (χ4v) is 6.16. The zero-order chi connectivity index (χ0) is 27.1. The van der Waals surface area contributed by atoms with Crippen LogP contribution in [0, 0.1) is 30.1 Å². The maximum atomic E-state index is 13.6. The molecule has 200 valence electrons. The molecule has 0 bridgehead atoms.